The van der Waals surface area contributed by atoms with Crippen LogP contribution in [-0.4, -0.2) is 28.4 Å². The van der Waals surface area contributed by atoms with Gasteiger partial charge in [0.25, 0.3) is 0 Å². The molecule has 1 unspecified atom stereocenters. The van der Waals surface area contributed by atoms with Gasteiger partial charge in [0.05, 0.1) is 18.8 Å². The molecule has 0 saturated heterocycles. The van der Waals surface area contributed by atoms with Crippen LogP contribution in [0, 0.1) is 13.8 Å². The van der Waals surface area contributed by atoms with Crippen molar-refractivity contribution in [3.8, 4) is 5.75 Å². The van der Waals surface area contributed by atoms with E-state index in [1.807, 2.05) is 30.8 Å². The second kappa shape index (κ2) is 6.05. The van der Waals surface area contributed by atoms with Crippen LogP contribution in [0.5, 0.6) is 5.75 Å². The lowest BCUT2D eigenvalue weighted by Crippen LogP contribution is -2.24. The minimum Gasteiger partial charge on any atom is -0.495 e. The van der Waals surface area contributed by atoms with E-state index in [2.05, 4.69) is 29.2 Å². The van der Waals surface area contributed by atoms with Gasteiger partial charge in [-0.2, -0.15) is 5.10 Å². The lowest BCUT2D eigenvalue weighted by atomic mass is 10.0. The fourth-order valence-electron chi connectivity index (χ4n) is 2.54. The normalized spacial score (nSPS) is 12.4. The van der Waals surface area contributed by atoms with E-state index in [9.17, 15) is 0 Å². The maximum absolute atomic E-state index is 5.45. The Morgan fingerprint density at radius 2 is 2.15 bits per heavy atom. The van der Waals surface area contributed by atoms with Crippen LogP contribution in [0.3, 0.4) is 0 Å². The first-order chi connectivity index (χ1) is 9.60. The minimum absolute atomic E-state index is 0.00940. The van der Waals surface area contributed by atoms with E-state index in [4.69, 9.17) is 4.74 Å². The number of nitrogens with one attached hydrogen (secondary N) is 1. The molecular formula is C15H22N4O. The molecule has 1 atom stereocenters. The Bertz CT molecular complexity index is 592. The number of nitrogens with zero attached hydrogens (tertiary/aromatic N) is 3. The van der Waals surface area contributed by atoms with Crippen LogP contribution >= 0.6 is 0 Å². The molecule has 2 rings (SSSR count). The number of hydrogen-bond donors (Lipinski definition) is 1. The monoisotopic (exact) mass is 274 g/mol. The molecule has 0 amide bonds. The summed E-state index contributed by atoms with van der Waals surface area (Å²) in [6.45, 7) is 7.04. The van der Waals surface area contributed by atoms with Gasteiger partial charge in [-0.3, -0.25) is 9.67 Å². The Morgan fingerprint density at radius 1 is 1.40 bits per heavy atom. The highest BCUT2D eigenvalue weighted by Crippen LogP contribution is 2.31. The number of aromatic nitrogens is 3. The smallest absolute Gasteiger partial charge is 0.142 e. The summed E-state index contributed by atoms with van der Waals surface area (Å²) in [5.74, 6) is 0.793. The number of rotatable bonds is 5. The van der Waals surface area contributed by atoms with Gasteiger partial charge in [0, 0.05) is 24.5 Å². The highest BCUT2D eigenvalue weighted by molar-refractivity contribution is 5.40. The van der Waals surface area contributed by atoms with Gasteiger partial charge in [0.1, 0.15) is 11.4 Å². The third kappa shape index (κ3) is 2.54. The molecule has 0 fully saturated rings. The van der Waals surface area contributed by atoms with Crippen molar-refractivity contribution in [3.05, 3.63) is 41.0 Å². The molecule has 20 heavy (non-hydrogen) atoms. The van der Waals surface area contributed by atoms with Crippen molar-refractivity contribution in [2.24, 2.45) is 7.05 Å². The number of ether oxygens (including phenoxy) is 1. The van der Waals surface area contributed by atoms with Gasteiger partial charge in [-0.25, -0.2) is 0 Å². The van der Waals surface area contributed by atoms with Crippen molar-refractivity contribution in [1.29, 1.82) is 0 Å². The van der Waals surface area contributed by atoms with Crippen molar-refractivity contribution in [2.45, 2.75) is 26.8 Å². The predicted molar refractivity (Wildman–Crippen MR) is 79.0 cm³/mol. The standard InChI is InChI=1S/C15H22N4O/c1-6-16-15(13-10(2)18-19(4)11(13)3)14-12(20-5)8-7-9-17-14/h7-9,15-16H,6H2,1-5H3. The molecule has 108 valence electrons. The van der Waals surface area contributed by atoms with Gasteiger partial charge in [-0.15, -0.1) is 0 Å². The molecule has 0 spiro atoms. The molecule has 5 nitrogen and oxygen atoms in total. The van der Waals surface area contributed by atoms with E-state index in [1.165, 1.54) is 5.56 Å². The van der Waals surface area contributed by atoms with Crippen LogP contribution < -0.4 is 10.1 Å². The Morgan fingerprint density at radius 3 is 2.70 bits per heavy atom. The van der Waals surface area contributed by atoms with Crippen molar-refractivity contribution < 1.29 is 4.74 Å². The summed E-state index contributed by atoms with van der Waals surface area (Å²) in [5, 5.41) is 7.99. The third-order valence-corrected chi connectivity index (χ3v) is 3.56. The van der Waals surface area contributed by atoms with E-state index in [0.29, 0.717) is 0 Å². The minimum atomic E-state index is -0.00940. The zero-order valence-corrected chi connectivity index (χ0v) is 12.8. The first kappa shape index (κ1) is 14.5. The van der Waals surface area contributed by atoms with Gasteiger partial charge in [0.2, 0.25) is 0 Å². The zero-order chi connectivity index (χ0) is 14.7. The maximum atomic E-state index is 5.45. The van der Waals surface area contributed by atoms with Crippen LogP contribution in [0.15, 0.2) is 18.3 Å². The number of aryl methyl sites for hydroxylation is 2. The molecule has 5 heteroatoms. The first-order valence-corrected chi connectivity index (χ1v) is 6.82. The average molecular weight is 274 g/mol. The van der Waals surface area contributed by atoms with E-state index in [-0.39, 0.29) is 6.04 Å². The SMILES string of the molecule is CCNC(c1ncccc1OC)c1c(C)nn(C)c1C. The molecule has 2 heterocycles. The van der Waals surface area contributed by atoms with Crippen LogP contribution in [0.4, 0.5) is 0 Å². The molecular weight excluding hydrogens is 252 g/mol. The molecule has 2 aromatic rings. The van der Waals surface area contributed by atoms with Crippen molar-refractivity contribution in [1.82, 2.24) is 20.1 Å². The lowest BCUT2D eigenvalue weighted by Gasteiger charge is -2.20. The summed E-state index contributed by atoms with van der Waals surface area (Å²) in [6, 6.07) is 3.81. The van der Waals surface area contributed by atoms with E-state index < -0.39 is 0 Å². The van der Waals surface area contributed by atoms with Crippen LogP contribution in [-0.2, 0) is 7.05 Å². The second-order valence-electron chi connectivity index (χ2n) is 4.79. The highest BCUT2D eigenvalue weighted by Gasteiger charge is 2.24. The maximum Gasteiger partial charge on any atom is 0.142 e. The largest absolute Gasteiger partial charge is 0.495 e. The molecule has 0 aromatic carbocycles. The zero-order valence-electron chi connectivity index (χ0n) is 12.8. The molecule has 0 aliphatic heterocycles. The van der Waals surface area contributed by atoms with E-state index in [0.717, 1.165) is 29.4 Å². The van der Waals surface area contributed by atoms with Crippen LogP contribution in [0.2, 0.25) is 0 Å². The summed E-state index contributed by atoms with van der Waals surface area (Å²) in [6.07, 6.45) is 1.79. The average Bonchev–Trinajstić information content (AvgIpc) is 2.70. The lowest BCUT2D eigenvalue weighted by molar-refractivity contribution is 0.400. The number of methoxy groups -OCH3 is 1. The van der Waals surface area contributed by atoms with Crippen LogP contribution in [0.25, 0.3) is 0 Å². The first-order valence-electron chi connectivity index (χ1n) is 6.82. The fraction of sp³-hybridized carbons (Fsp3) is 0.467. The molecule has 0 bridgehead atoms. The summed E-state index contributed by atoms with van der Waals surface area (Å²) < 4.78 is 7.36. The highest BCUT2D eigenvalue weighted by atomic mass is 16.5. The van der Waals surface area contributed by atoms with Crippen LogP contribution in [0.1, 0.15) is 35.6 Å². The second-order valence-corrected chi connectivity index (χ2v) is 4.79. The number of hydrogen-bond acceptors (Lipinski definition) is 4. The Labute approximate surface area is 120 Å². The Balaban J connectivity index is 2.56. The molecule has 0 aliphatic rings. The summed E-state index contributed by atoms with van der Waals surface area (Å²) in [7, 11) is 3.64. The Kier molecular flexibility index (Phi) is 4.39. The molecule has 0 aliphatic carbocycles. The topological polar surface area (TPSA) is 52.0 Å². The number of pyridine rings is 1. The van der Waals surface area contributed by atoms with E-state index in [1.54, 1.807) is 13.3 Å². The van der Waals surface area contributed by atoms with Crippen molar-refractivity contribution in [2.75, 3.05) is 13.7 Å². The van der Waals surface area contributed by atoms with Gasteiger partial charge < -0.3 is 10.1 Å². The van der Waals surface area contributed by atoms with Gasteiger partial charge in [-0.05, 0) is 32.5 Å². The van der Waals surface area contributed by atoms with E-state index >= 15 is 0 Å². The summed E-state index contributed by atoms with van der Waals surface area (Å²) in [5.41, 5.74) is 4.23. The molecule has 2 aromatic heterocycles. The van der Waals surface area contributed by atoms with Gasteiger partial charge in [-0.1, -0.05) is 6.92 Å². The molecule has 1 N–H and O–H groups in total. The van der Waals surface area contributed by atoms with Gasteiger partial charge in [0.15, 0.2) is 0 Å². The third-order valence-electron chi connectivity index (χ3n) is 3.56. The Hall–Kier alpha value is -1.88. The quantitative estimate of drug-likeness (QED) is 0.907. The molecule has 0 saturated carbocycles. The predicted octanol–water partition coefficient (Wildman–Crippen LogP) is 2.14. The van der Waals surface area contributed by atoms with Gasteiger partial charge >= 0.3 is 0 Å². The van der Waals surface area contributed by atoms with Crippen molar-refractivity contribution in [3.63, 3.8) is 0 Å². The van der Waals surface area contributed by atoms with Crippen molar-refractivity contribution >= 4 is 0 Å². The molecule has 0 radical (unpaired) electrons. The summed E-state index contributed by atoms with van der Waals surface area (Å²) in [4.78, 5) is 4.51. The summed E-state index contributed by atoms with van der Waals surface area (Å²) >= 11 is 0. The fourth-order valence-corrected chi connectivity index (χ4v) is 2.54.